The number of rotatable bonds is 4. The zero-order valence-electron chi connectivity index (χ0n) is 9.46. The number of amides is 1. The third-order valence-electron chi connectivity index (χ3n) is 3.40. The van der Waals surface area contributed by atoms with E-state index in [9.17, 15) is 4.79 Å². The molecule has 0 heterocycles. The summed E-state index contributed by atoms with van der Waals surface area (Å²) in [5.41, 5.74) is 5.30. The van der Waals surface area contributed by atoms with Gasteiger partial charge in [0.1, 0.15) is 0 Å². The van der Waals surface area contributed by atoms with Gasteiger partial charge in [-0.15, -0.1) is 0 Å². The van der Waals surface area contributed by atoms with Gasteiger partial charge in [0.25, 0.3) is 0 Å². The molecule has 1 amide bonds. The number of hydrogen-bond donors (Lipinski definition) is 1. The molecule has 0 aromatic carbocycles. The highest BCUT2D eigenvalue weighted by Gasteiger charge is 2.24. The van der Waals surface area contributed by atoms with E-state index in [4.69, 9.17) is 5.73 Å². The van der Waals surface area contributed by atoms with E-state index in [1.54, 1.807) is 0 Å². The molecule has 14 heavy (non-hydrogen) atoms. The Morgan fingerprint density at radius 1 is 1.29 bits per heavy atom. The van der Waals surface area contributed by atoms with E-state index in [0.717, 1.165) is 24.7 Å². The molecule has 2 N–H and O–H groups in total. The van der Waals surface area contributed by atoms with Gasteiger partial charge in [-0.1, -0.05) is 26.7 Å². The van der Waals surface area contributed by atoms with Crippen LogP contribution in [0, 0.1) is 17.8 Å². The Labute approximate surface area is 87.2 Å². The smallest absolute Gasteiger partial charge is 0.220 e. The standard InChI is InChI=1S/C12H23NO/c1-9(2)3-4-10-5-7-11(8-6-10)12(13)14/h9-11H,3-8H2,1-2H3,(H2,13,14). The van der Waals surface area contributed by atoms with Crippen molar-refractivity contribution in [1.29, 1.82) is 0 Å². The van der Waals surface area contributed by atoms with Crippen LogP contribution in [0.15, 0.2) is 0 Å². The maximum absolute atomic E-state index is 10.9. The molecule has 82 valence electrons. The average Bonchev–Trinajstić information content (AvgIpc) is 2.15. The molecule has 0 aromatic heterocycles. The third-order valence-corrected chi connectivity index (χ3v) is 3.40. The summed E-state index contributed by atoms with van der Waals surface area (Å²) in [6.45, 7) is 4.55. The predicted octanol–water partition coefficient (Wildman–Crippen LogP) is 2.71. The first-order chi connectivity index (χ1) is 6.59. The second kappa shape index (κ2) is 5.38. The number of carbonyl (C=O) groups is 1. The van der Waals surface area contributed by atoms with Gasteiger partial charge in [0, 0.05) is 5.92 Å². The summed E-state index contributed by atoms with van der Waals surface area (Å²) < 4.78 is 0. The summed E-state index contributed by atoms with van der Waals surface area (Å²) in [7, 11) is 0. The van der Waals surface area contributed by atoms with Gasteiger partial charge in [-0.2, -0.15) is 0 Å². The number of primary amides is 1. The monoisotopic (exact) mass is 197 g/mol. The van der Waals surface area contributed by atoms with Crippen LogP contribution in [0.5, 0.6) is 0 Å². The van der Waals surface area contributed by atoms with Crippen molar-refractivity contribution in [2.24, 2.45) is 23.5 Å². The van der Waals surface area contributed by atoms with Crippen LogP contribution in [0.3, 0.4) is 0 Å². The van der Waals surface area contributed by atoms with Crippen molar-refractivity contribution in [2.75, 3.05) is 0 Å². The van der Waals surface area contributed by atoms with Gasteiger partial charge in [-0.05, 0) is 37.5 Å². The first-order valence-corrected chi connectivity index (χ1v) is 5.89. The van der Waals surface area contributed by atoms with Crippen molar-refractivity contribution >= 4 is 5.91 Å². The van der Waals surface area contributed by atoms with Gasteiger partial charge in [-0.3, -0.25) is 4.79 Å². The Kier molecular flexibility index (Phi) is 4.43. The van der Waals surface area contributed by atoms with Crippen LogP contribution in [0.2, 0.25) is 0 Å². The lowest BCUT2D eigenvalue weighted by Gasteiger charge is -2.26. The van der Waals surface area contributed by atoms with Crippen molar-refractivity contribution in [2.45, 2.75) is 52.4 Å². The Balaban J connectivity index is 2.19. The molecule has 0 radical (unpaired) electrons. The normalized spacial score (nSPS) is 27.9. The SMILES string of the molecule is CC(C)CCC1CCC(C(N)=O)CC1. The van der Waals surface area contributed by atoms with Crippen molar-refractivity contribution < 1.29 is 4.79 Å². The Morgan fingerprint density at radius 3 is 2.29 bits per heavy atom. The van der Waals surface area contributed by atoms with Gasteiger partial charge in [0.15, 0.2) is 0 Å². The maximum atomic E-state index is 10.9. The molecule has 1 aliphatic carbocycles. The van der Waals surface area contributed by atoms with Crippen molar-refractivity contribution in [1.82, 2.24) is 0 Å². The second-order valence-electron chi connectivity index (χ2n) is 5.09. The van der Waals surface area contributed by atoms with E-state index in [2.05, 4.69) is 13.8 Å². The fourth-order valence-corrected chi connectivity index (χ4v) is 2.30. The van der Waals surface area contributed by atoms with Crippen molar-refractivity contribution in [3.05, 3.63) is 0 Å². The molecule has 2 nitrogen and oxygen atoms in total. The lowest BCUT2D eigenvalue weighted by Crippen LogP contribution is -2.27. The topological polar surface area (TPSA) is 43.1 Å². The van der Waals surface area contributed by atoms with Crippen LogP contribution in [0.1, 0.15) is 52.4 Å². The Bertz CT molecular complexity index is 181. The lowest BCUT2D eigenvalue weighted by molar-refractivity contribution is -0.122. The van der Waals surface area contributed by atoms with Crippen LogP contribution in [0.25, 0.3) is 0 Å². The molecule has 1 rings (SSSR count). The van der Waals surface area contributed by atoms with Crippen LogP contribution in [0.4, 0.5) is 0 Å². The minimum Gasteiger partial charge on any atom is -0.369 e. The number of carbonyl (C=O) groups excluding carboxylic acids is 1. The summed E-state index contributed by atoms with van der Waals surface area (Å²) in [6, 6.07) is 0. The summed E-state index contributed by atoms with van der Waals surface area (Å²) in [6.07, 6.45) is 7.13. The summed E-state index contributed by atoms with van der Waals surface area (Å²) >= 11 is 0. The molecule has 0 aliphatic heterocycles. The molecule has 1 aliphatic rings. The highest BCUT2D eigenvalue weighted by atomic mass is 16.1. The molecule has 0 aromatic rings. The van der Waals surface area contributed by atoms with Crippen molar-refractivity contribution in [3.8, 4) is 0 Å². The zero-order valence-corrected chi connectivity index (χ0v) is 9.46. The van der Waals surface area contributed by atoms with Gasteiger partial charge < -0.3 is 5.73 Å². The first kappa shape index (κ1) is 11.5. The van der Waals surface area contributed by atoms with E-state index < -0.39 is 0 Å². The molecule has 0 saturated heterocycles. The largest absolute Gasteiger partial charge is 0.369 e. The molecule has 0 spiro atoms. The van der Waals surface area contributed by atoms with Crippen LogP contribution >= 0.6 is 0 Å². The minimum atomic E-state index is -0.0905. The molecule has 0 unspecified atom stereocenters. The van der Waals surface area contributed by atoms with Gasteiger partial charge in [0.05, 0.1) is 0 Å². The van der Waals surface area contributed by atoms with E-state index in [1.807, 2.05) is 0 Å². The highest BCUT2D eigenvalue weighted by molar-refractivity contribution is 5.76. The van der Waals surface area contributed by atoms with Gasteiger partial charge in [-0.25, -0.2) is 0 Å². The van der Waals surface area contributed by atoms with E-state index in [-0.39, 0.29) is 11.8 Å². The number of nitrogens with two attached hydrogens (primary N) is 1. The van der Waals surface area contributed by atoms with Gasteiger partial charge in [0.2, 0.25) is 5.91 Å². The third kappa shape index (κ3) is 3.69. The zero-order chi connectivity index (χ0) is 10.6. The molecule has 0 atom stereocenters. The lowest BCUT2D eigenvalue weighted by atomic mass is 9.79. The molecule has 2 heteroatoms. The average molecular weight is 197 g/mol. The fraction of sp³-hybridized carbons (Fsp3) is 0.917. The van der Waals surface area contributed by atoms with E-state index >= 15 is 0 Å². The Morgan fingerprint density at radius 2 is 1.86 bits per heavy atom. The molecule has 1 saturated carbocycles. The van der Waals surface area contributed by atoms with E-state index in [0.29, 0.717) is 0 Å². The Hall–Kier alpha value is -0.530. The molecular formula is C12H23NO. The fourth-order valence-electron chi connectivity index (χ4n) is 2.30. The summed E-state index contributed by atoms with van der Waals surface area (Å²) in [5, 5.41) is 0. The summed E-state index contributed by atoms with van der Waals surface area (Å²) in [4.78, 5) is 10.9. The maximum Gasteiger partial charge on any atom is 0.220 e. The second-order valence-corrected chi connectivity index (χ2v) is 5.09. The molecular weight excluding hydrogens is 174 g/mol. The predicted molar refractivity (Wildman–Crippen MR) is 58.7 cm³/mol. The van der Waals surface area contributed by atoms with Crippen molar-refractivity contribution in [3.63, 3.8) is 0 Å². The quantitative estimate of drug-likeness (QED) is 0.740. The van der Waals surface area contributed by atoms with Gasteiger partial charge >= 0.3 is 0 Å². The van der Waals surface area contributed by atoms with E-state index in [1.165, 1.54) is 25.7 Å². The summed E-state index contributed by atoms with van der Waals surface area (Å²) in [5.74, 6) is 1.74. The molecule has 0 bridgehead atoms. The molecule has 1 fully saturated rings. The first-order valence-electron chi connectivity index (χ1n) is 5.89. The number of hydrogen-bond acceptors (Lipinski definition) is 1. The minimum absolute atomic E-state index is 0.0905. The van der Waals surface area contributed by atoms with Crippen LogP contribution < -0.4 is 5.73 Å². The van der Waals surface area contributed by atoms with Crippen LogP contribution in [-0.2, 0) is 4.79 Å². The highest BCUT2D eigenvalue weighted by Crippen LogP contribution is 2.32. The van der Waals surface area contributed by atoms with Crippen LogP contribution in [-0.4, -0.2) is 5.91 Å².